The number of hydrogen-bond acceptors (Lipinski definition) is 3. The first kappa shape index (κ1) is 12.9. The smallest absolute Gasteiger partial charge is 0.331 e. The van der Waals surface area contributed by atoms with Crippen LogP contribution in [0.2, 0.25) is 0 Å². The van der Waals surface area contributed by atoms with Gasteiger partial charge < -0.3 is 5.11 Å². The van der Waals surface area contributed by atoms with Crippen LogP contribution in [-0.4, -0.2) is 14.7 Å². The Morgan fingerprint density at radius 3 is 2.67 bits per heavy atom. The van der Waals surface area contributed by atoms with E-state index in [4.69, 9.17) is 0 Å². The number of rotatable bonds is 5. The molecule has 0 amide bonds. The Kier molecular flexibility index (Phi) is 3.89. The van der Waals surface area contributed by atoms with Crippen LogP contribution in [0.5, 0.6) is 5.88 Å². The molecular formula is C13H20N2O3. The molecule has 0 aliphatic heterocycles. The molecular weight excluding hydrogens is 232 g/mol. The van der Waals surface area contributed by atoms with Crippen LogP contribution in [-0.2, 0) is 13.0 Å². The zero-order chi connectivity index (χ0) is 13.1. The van der Waals surface area contributed by atoms with Crippen LogP contribution in [0.25, 0.3) is 0 Å². The van der Waals surface area contributed by atoms with Gasteiger partial charge in [-0.25, -0.2) is 4.79 Å². The third kappa shape index (κ3) is 2.49. The number of H-pyrrole nitrogens is 1. The molecule has 100 valence electrons. The summed E-state index contributed by atoms with van der Waals surface area (Å²) in [5, 5.41) is 10.0. The van der Waals surface area contributed by atoms with E-state index in [9.17, 15) is 14.7 Å². The lowest BCUT2D eigenvalue weighted by Crippen LogP contribution is -2.33. The predicted molar refractivity (Wildman–Crippen MR) is 68.9 cm³/mol. The van der Waals surface area contributed by atoms with Gasteiger partial charge in [0.15, 0.2) is 0 Å². The molecule has 1 aromatic rings. The minimum absolute atomic E-state index is 0.148. The Morgan fingerprint density at radius 1 is 1.39 bits per heavy atom. The average Bonchev–Trinajstić information content (AvgIpc) is 2.26. The topological polar surface area (TPSA) is 75.1 Å². The molecule has 0 spiro atoms. The van der Waals surface area contributed by atoms with Gasteiger partial charge in [-0.05, 0) is 18.8 Å². The summed E-state index contributed by atoms with van der Waals surface area (Å²) < 4.78 is 1.30. The molecule has 1 aromatic heterocycles. The second-order valence-electron chi connectivity index (χ2n) is 5.05. The lowest BCUT2D eigenvalue weighted by Gasteiger charge is -2.25. The first-order chi connectivity index (χ1) is 8.63. The molecule has 1 saturated carbocycles. The van der Waals surface area contributed by atoms with Crippen molar-refractivity contribution in [3.05, 3.63) is 26.4 Å². The number of aromatic hydroxyl groups is 1. The molecule has 2 N–H and O–H groups in total. The van der Waals surface area contributed by atoms with Crippen LogP contribution in [0.15, 0.2) is 9.59 Å². The van der Waals surface area contributed by atoms with Gasteiger partial charge in [-0.1, -0.05) is 32.6 Å². The Hall–Kier alpha value is -1.52. The number of aromatic nitrogens is 2. The highest BCUT2D eigenvalue weighted by molar-refractivity contribution is 5.22. The summed E-state index contributed by atoms with van der Waals surface area (Å²) >= 11 is 0. The highest BCUT2D eigenvalue weighted by Crippen LogP contribution is 2.30. The lowest BCUT2D eigenvalue weighted by molar-refractivity contribution is 0.272. The Bertz CT molecular complexity index is 526. The van der Waals surface area contributed by atoms with Gasteiger partial charge >= 0.3 is 5.69 Å². The summed E-state index contributed by atoms with van der Waals surface area (Å²) in [5.74, 6) is 0.516. The van der Waals surface area contributed by atoms with E-state index >= 15 is 0 Å². The summed E-state index contributed by atoms with van der Waals surface area (Å²) in [5.41, 5.74) is -0.637. The van der Waals surface area contributed by atoms with Gasteiger partial charge in [0.2, 0.25) is 5.88 Å². The fourth-order valence-corrected chi connectivity index (χ4v) is 2.38. The zero-order valence-corrected chi connectivity index (χ0v) is 10.7. The standard InChI is InChI=1S/C13H20N2O3/c1-2-4-10-11(16)14-13(18)15(12(10)17)8-7-9-5-3-6-9/h9,17H,2-8H2,1H3,(H,14,16,18). The number of aromatic amines is 1. The van der Waals surface area contributed by atoms with Crippen LogP contribution >= 0.6 is 0 Å². The number of nitrogens with one attached hydrogen (secondary N) is 1. The highest BCUT2D eigenvalue weighted by atomic mass is 16.3. The lowest BCUT2D eigenvalue weighted by atomic mass is 9.83. The molecule has 0 atom stereocenters. The first-order valence-electron chi connectivity index (χ1n) is 6.68. The van der Waals surface area contributed by atoms with E-state index in [0.29, 0.717) is 24.4 Å². The van der Waals surface area contributed by atoms with Gasteiger partial charge in [0, 0.05) is 6.54 Å². The summed E-state index contributed by atoms with van der Waals surface area (Å²) in [6.07, 6.45) is 5.83. The van der Waals surface area contributed by atoms with Crippen molar-refractivity contribution < 1.29 is 5.11 Å². The van der Waals surface area contributed by atoms with Crippen molar-refractivity contribution in [2.24, 2.45) is 5.92 Å². The summed E-state index contributed by atoms with van der Waals surface area (Å²) in [4.78, 5) is 25.5. The number of nitrogens with zero attached hydrogens (tertiary/aromatic N) is 1. The molecule has 18 heavy (non-hydrogen) atoms. The SMILES string of the molecule is CCCc1c(O)n(CCC2CCC2)c(=O)[nH]c1=O. The minimum Gasteiger partial charge on any atom is -0.494 e. The van der Waals surface area contributed by atoms with Gasteiger partial charge in [0.05, 0.1) is 5.56 Å². The second kappa shape index (κ2) is 5.42. The fourth-order valence-electron chi connectivity index (χ4n) is 2.38. The normalized spacial score (nSPS) is 15.6. The van der Waals surface area contributed by atoms with E-state index in [2.05, 4.69) is 4.98 Å². The molecule has 0 radical (unpaired) electrons. The maximum atomic E-state index is 11.7. The highest BCUT2D eigenvalue weighted by Gasteiger charge is 2.19. The molecule has 2 rings (SSSR count). The predicted octanol–water partition coefficient (Wildman–Crippen LogP) is 1.38. The van der Waals surface area contributed by atoms with Crippen LogP contribution in [0.4, 0.5) is 0 Å². The minimum atomic E-state index is -0.503. The van der Waals surface area contributed by atoms with Crippen LogP contribution in [0.3, 0.4) is 0 Å². The van der Waals surface area contributed by atoms with Crippen molar-refractivity contribution in [1.82, 2.24) is 9.55 Å². The third-order valence-electron chi connectivity index (χ3n) is 3.75. The van der Waals surface area contributed by atoms with Gasteiger partial charge in [0.1, 0.15) is 0 Å². The van der Waals surface area contributed by atoms with E-state index in [0.717, 1.165) is 12.8 Å². The quantitative estimate of drug-likeness (QED) is 0.831. The van der Waals surface area contributed by atoms with Crippen molar-refractivity contribution in [1.29, 1.82) is 0 Å². The molecule has 0 aromatic carbocycles. The third-order valence-corrected chi connectivity index (χ3v) is 3.75. The molecule has 5 heteroatoms. The maximum Gasteiger partial charge on any atom is 0.331 e. The van der Waals surface area contributed by atoms with Crippen molar-refractivity contribution in [2.45, 2.75) is 52.0 Å². The van der Waals surface area contributed by atoms with E-state index in [1.165, 1.54) is 23.8 Å². The van der Waals surface area contributed by atoms with E-state index in [1.54, 1.807) is 0 Å². The van der Waals surface area contributed by atoms with Crippen LogP contribution in [0, 0.1) is 5.92 Å². The first-order valence-corrected chi connectivity index (χ1v) is 6.68. The van der Waals surface area contributed by atoms with Gasteiger partial charge in [-0.3, -0.25) is 14.3 Å². The molecule has 1 heterocycles. The van der Waals surface area contributed by atoms with E-state index in [1.807, 2.05) is 6.92 Å². The average molecular weight is 252 g/mol. The summed E-state index contributed by atoms with van der Waals surface area (Å²) in [6, 6.07) is 0. The van der Waals surface area contributed by atoms with Gasteiger partial charge in [-0.2, -0.15) is 0 Å². The van der Waals surface area contributed by atoms with Crippen molar-refractivity contribution in [3.63, 3.8) is 0 Å². The van der Waals surface area contributed by atoms with E-state index in [-0.39, 0.29) is 5.88 Å². The fraction of sp³-hybridized carbons (Fsp3) is 0.692. The molecule has 5 nitrogen and oxygen atoms in total. The van der Waals surface area contributed by atoms with Crippen molar-refractivity contribution >= 4 is 0 Å². The number of hydrogen-bond donors (Lipinski definition) is 2. The van der Waals surface area contributed by atoms with Gasteiger partial charge in [-0.15, -0.1) is 0 Å². The summed E-state index contributed by atoms with van der Waals surface area (Å²) in [6.45, 7) is 2.42. The second-order valence-corrected chi connectivity index (χ2v) is 5.05. The molecule has 1 aliphatic rings. The molecule has 0 unspecified atom stereocenters. The van der Waals surface area contributed by atoms with Crippen LogP contribution in [0.1, 0.15) is 44.6 Å². The van der Waals surface area contributed by atoms with E-state index < -0.39 is 11.2 Å². The molecule has 1 aliphatic carbocycles. The zero-order valence-electron chi connectivity index (χ0n) is 10.7. The monoisotopic (exact) mass is 252 g/mol. The molecule has 0 saturated heterocycles. The molecule has 1 fully saturated rings. The Balaban J connectivity index is 2.24. The van der Waals surface area contributed by atoms with Gasteiger partial charge in [0.25, 0.3) is 5.56 Å². The maximum absolute atomic E-state index is 11.7. The molecule has 0 bridgehead atoms. The Morgan fingerprint density at radius 2 is 2.11 bits per heavy atom. The summed E-state index contributed by atoms with van der Waals surface area (Å²) in [7, 11) is 0. The van der Waals surface area contributed by atoms with Crippen molar-refractivity contribution in [3.8, 4) is 5.88 Å². The van der Waals surface area contributed by atoms with Crippen molar-refractivity contribution in [2.75, 3.05) is 0 Å². The largest absolute Gasteiger partial charge is 0.494 e. The Labute approximate surface area is 105 Å². The van der Waals surface area contributed by atoms with Crippen LogP contribution < -0.4 is 11.2 Å².